The molecule has 2 rings (SSSR count). The van der Waals surface area contributed by atoms with Crippen molar-refractivity contribution in [2.45, 2.75) is 32.4 Å². The number of hydrogen-bond acceptors (Lipinski definition) is 4. The summed E-state index contributed by atoms with van der Waals surface area (Å²) in [6, 6.07) is 4.15. The second-order valence-corrected chi connectivity index (χ2v) is 4.78. The average molecular weight is 264 g/mol. The number of benzene rings is 1. The molecular weight excluding hydrogens is 248 g/mol. The maximum atomic E-state index is 11.7. The molecule has 0 spiro atoms. The van der Waals surface area contributed by atoms with Crippen molar-refractivity contribution < 1.29 is 14.3 Å². The quantitative estimate of drug-likeness (QED) is 0.862. The summed E-state index contributed by atoms with van der Waals surface area (Å²) in [5, 5.41) is 8.80. The van der Waals surface area contributed by atoms with Crippen LogP contribution in [0.1, 0.15) is 25.5 Å². The van der Waals surface area contributed by atoms with Crippen LogP contribution in [0.25, 0.3) is 11.1 Å². The highest BCUT2D eigenvalue weighted by atomic mass is 16.4. The van der Waals surface area contributed by atoms with Crippen molar-refractivity contribution in [2.24, 2.45) is 5.73 Å². The number of fused-ring (bicyclic) bond motifs is 1. The number of hydrogen-bond donors (Lipinski definition) is 2. The highest BCUT2D eigenvalue weighted by Gasteiger charge is 2.15. The molecule has 19 heavy (non-hydrogen) atoms. The fourth-order valence-electron chi connectivity index (χ4n) is 2.04. The monoisotopic (exact) mass is 264 g/mol. The summed E-state index contributed by atoms with van der Waals surface area (Å²) in [6.07, 6.45) is 0.211. The molecule has 0 aliphatic rings. The standard InChI is InChI=1S/C13H16N2O4/c1-7(2)15-10-6-8(5-9(14)12(16)17)3-4-11(10)19-13(15)18/h3-4,6-7,9H,5,14H2,1-2H3,(H,16,17). The van der Waals surface area contributed by atoms with E-state index in [9.17, 15) is 9.59 Å². The van der Waals surface area contributed by atoms with Crippen molar-refractivity contribution in [1.82, 2.24) is 4.57 Å². The number of carboxylic acid groups (broad SMARTS) is 1. The lowest BCUT2D eigenvalue weighted by molar-refractivity contribution is -0.138. The predicted molar refractivity (Wildman–Crippen MR) is 70.2 cm³/mol. The van der Waals surface area contributed by atoms with Crippen molar-refractivity contribution in [3.05, 3.63) is 34.3 Å². The largest absolute Gasteiger partial charge is 0.480 e. The molecule has 0 fully saturated rings. The van der Waals surface area contributed by atoms with Crippen LogP contribution in [-0.2, 0) is 11.2 Å². The Balaban J connectivity index is 2.47. The molecule has 0 aliphatic carbocycles. The summed E-state index contributed by atoms with van der Waals surface area (Å²) < 4.78 is 6.66. The molecule has 6 nitrogen and oxygen atoms in total. The van der Waals surface area contributed by atoms with Gasteiger partial charge in [-0.15, -0.1) is 0 Å². The Kier molecular flexibility index (Phi) is 3.44. The van der Waals surface area contributed by atoms with E-state index in [4.69, 9.17) is 15.3 Å². The summed E-state index contributed by atoms with van der Waals surface area (Å²) in [5.41, 5.74) is 7.42. The average Bonchev–Trinajstić information content (AvgIpc) is 2.64. The van der Waals surface area contributed by atoms with Gasteiger partial charge in [0, 0.05) is 6.04 Å². The maximum absolute atomic E-state index is 11.7. The number of aromatic nitrogens is 1. The third-order valence-electron chi connectivity index (χ3n) is 2.97. The minimum absolute atomic E-state index is 0.0304. The Labute approximate surface area is 109 Å². The fraction of sp³-hybridized carbons (Fsp3) is 0.385. The molecule has 1 unspecified atom stereocenters. The van der Waals surface area contributed by atoms with Crippen LogP contribution in [0.2, 0.25) is 0 Å². The second kappa shape index (κ2) is 4.89. The molecule has 0 aliphatic heterocycles. The van der Waals surface area contributed by atoms with Crippen molar-refractivity contribution in [2.75, 3.05) is 0 Å². The number of rotatable bonds is 4. The van der Waals surface area contributed by atoms with Crippen LogP contribution in [0.5, 0.6) is 0 Å². The minimum atomic E-state index is -1.05. The summed E-state index contributed by atoms with van der Waals surface area (Å²) >= 11 is 0. The first-order valence-electron chi connectivity index (χ1n) is 6.02. The van der Waals surface area contributed by atoms with E-state index < -0.39 is 17.8 Å². The van der Waals surface area contributed by atoms with Gasteiger partial charge in [0.2, 0.25) is 0 Å². The maximum Gasteiger partial charge on any atom is 0.420 e. The van der Waals surface area contributed by atoms with Crippen LogP contribution in [-0.4, -0.2) is 21.7 Å². The Morgan fingerprint density at radius 1 is 1.47 bits per heavy atom. The summed E-state index contributed by atoms with van der Waals surface area (Å²) in [5.74, 6) is -1.46. The first kappa shape index (κ1) is 13.4. The zero-order valence-corrected chi connectivity index (χ0v) is 10.8. The number of nitrogens with zero attached hydrogens (tertiary/aromatic N) is 1. The number of carbonyl (C=O) groups is 1. The van der Waals surface area contributed by atoms with Crippen LogP contribution in [0.4, 0.5) is 0 Å². The molecular formula is C13H16N2O4. The first-order chi connectivity index (χ1) is 8.90. The molecule has 0 bridgehead atoms. The highest BCUT2D eigenvalue weighted by Crippen LogP contribution is 2.19. The van der Waals surface area contributed by atoms with Crippen LogP contribution in [0, 0.1) is 0 Å². The van der Waals surface area contributed by atoms with Gasteiger partial charge in [0.05, 0.1) is 5.52 Å². The Morgan fingerprint density at radius 2 is 2.16 bits per heavy atom. The van der Waals surface area contributed by atoms with E-state index in [1.807, 2.05) is 13.8 Å². The van der Waals surface area contributed by atoms with Crippen LogP contribution in [0.3, 0.4) is 0 Å². The Hall–Kier alpha value is -2.08. The fourth-order valence-corrected chi connectivity index (χ4v) is 2.04. The number of nitrogens with two attached hydrogens (primary N) is 1. The summed E-state index contributed by atoms with van der Waals surface area (Å²) in [6.45, 7) is 3.76. The molecule has 0 radical (unpaired) electrons. The summed E-state index contributed by atoms with van der Waals surface area (Å²) in [7, 11) is 0. The highest BCUT2D eigenvalue weighted by molar-refractivity contribution is 5.76. The molecule has 1 aromatic carbocycles. The third-order valence-corrected chi connectivity index (χ3v) is 2.97. The molecule has 1 atom stereocenters. The van der Waals surface area contributed by atoms with Gasteiger partial charge in [-0.05, 0) is 38.0 Å². The van der Waals surface area contributed by atoms with Gasteiger partial charge in [-0.25, -0.2) is 4.79 Å². The van der Waals surface area contributed by atoms with E-state index in [-0.39, 0.29) is 12.5 Å². The molecule has 6 heteroatoms. The van der Waals surface area contributed by atoms with Crippen molar-refractivity contribution >= 4 is 17.1 Å². The predicted octanol–water partition coefficient (Wildman–Crippen LogP) is 1.13. The first-order valence-corrected chi connectivity index (χ1v) is 6.02. The van der Waals surface area contributed by atoms with E-state index in [1.54, 1.807) is 18.2 Å². The SMILES string of the molecule is CC(C)n1c(=O)oc2ccc(CC(N)C(=O)O)cc21. The minimum Gasteiger partial charge on any atom is -0.480 e. The van der Waals surface area contributed by atoms with Gasteiger partial charge in [-0.3, -0.25) is 9.36 Å². The normalized spacial score (nSPS) is 13.1. The van der Waals surface area contributed by atoms with Crippen molar-refractivity contribution in [1.29, 1.82) is 0 Å². The van der Waals surface area contributed by atoms with Gasteiger partial charge in [0.1, 0.15) is 6.04 Å². The zero-order chi connectivity index (χ0) is 14.2. The van der Waals surface area contributed by atoms with E-state index >= 15 is 0 Å². The van der Waals surface area contributed by atoms with E-state index in [2.05, 4.69) is 0 Å². The number of aliphatic carboxylic acids is 1. The lowest BCUT2D eigenvalue weighted by Gasteiger charge is -2.08. The van der Waals surface area contributed by atoms with Crippen molar-refractivity contribution in [3.8, 4) is 0 Å². The van der Waals surface area contributed by atoms with Crippen LogP contribution < -0.4 is 11.5 Å². The van der Waals surface area contributed by atoms with Gasteiger partial charge < -0.3 is 15.3 Å². The molecule has 2 aromatic rings. The van der Waals surface area contributed by atoms with Gasteiger partial charge in [-0.2, -0.15) is 0 Å². The van der Waals surface area contributed by atoms with E-state index in [0.717, 1.165) is 5.56 Å². The number of oxazole rings is 1. The van der Waals surface area contributed by atoms with Crippen molar-refractivity contribution in [3.63, 3.8) is 0 Å². The molecule has 0 saturated heterocycles. The Bertz CT molecular complexity index is 669. The zero-order valence-electron chi connectivity index (χ0n) is 10.8. The van der Waals surface area contributed by atoms with E-state index in [1.165, 1.54) is 4.57 Å². The molecule has 3 N–H and O–H groups in total. The Morgan fingerprint density at radius 3 is 2.74 bits per heavy atom. The van der Waals surface area contributed by atoms with Gasteiger partial charge in [0.25, 0.3) is 0 Å². The lowest BCUT2D eigenvalue weighted by Crippen LogP contribution is -2.32. The number of carboxylic acids is 1. The molecule has 1 aromatic heterocycles. The van der Waals surface area contributed by atoms with E-state index in [0.29, 0.717) is 11.1 Å². The summed E-state index contributed by atoms with van der Waals surface area (Å²) in [4.78, 5) is 22.4. The lowest BCUT2D eigenvalue weighted by atomic mass is 10.1. The third kappa shape index (κ3) is 2.53. The van der Waals surface area contributed by atoms with Gasteiger partial charge in [0.15, 0.2) is 5.58 Å². The molecule has 0 saturated carbocycles. The molecule has 1 heterocycles. The van der Waals surface area contributed by atoms with Gasteiger partial charge >= 0.3 is 11.7 Å². The van der Waals surface area contributed by atoms with Crippen LogP contribution in [0.15, 0.2) is 27.4 Å². The smallest absolute Gasteiger partial charge is 0.420 e. The topological polar surface area (TPSA) is 98.5 Å². The second-order valence-electron chi connectivity index (χ2n) is 4.78. The van der Waals surface area contributed by atoms with Gasteiger partial charge in [-0.1, -0.05) is 6.07 Å². The molecule has 102 valence electrons. The molecule has 0 amide bonds. The van der Waals surface area contributed by atoms with Crippen LogP contribution >= 0.6 is 0 Å².